The Balaban J connectivity index is 0.000000202. The molecule has 440 valence electrons. The average molecular weight is 1170 g/mol. The van der Waals surface area contributed by atoms with Crippen molar-refractivity contribution in [1.82, 2.24) is 0 Å². The first-order valence-electron chi connectivity index (χ1n) is 29.9. The van der Waals surface area contributed by atoms with Crippen molar-refractivity contribution in [2.24, 2.45) is 11.8 Å². The Labute approximate surface area is 509 Å². The van der Waals surface area contributed by atoms with Gasteiger partial charge in [-0.15, -0.1) is 0 Å². The molecule has 0 aromatic heterocycles. The van der Waals surface area contributed by atoms with Gasteiger partial charge in [-0.1, -0.05) is 220 Å². The number of aromatic hydroxyl groups is 1. The van der Waals surface area contributed by atoms with Gasteiger partial charge in [0.15, 0.2) is 0 Å². The summed E-state index contributed by atoms with van der Waals surface area (Å²) in [5.41, 5.74) is 12.8. The first-order chi connectivity index (χ1) is 40.9. The van der Waals surface area contributed by atoms with Gasteiger partial charge in [-0.05, 0) is 132 Å². The van der Waals surface area contributed by atoms with Crippen LogP contribution in [0.3, 0.4) is 0 Å². The monoisotopic (exact) mass is 1170 g/mol. The first-order valence-corrected chi connectivity index (χ1v) is 30.7. The molecule has 8 nitrogen and oxygen atoms in total. The third kappa shape index (κ3) is 16.4. The predicted molar refractivity (Wildman–Crippen MR) is 338 cm³/mol. The molecule has 0 aliphatic carbocycles. The summed E-state index contributed by atoms with van der Waals surface area (Å²) in [6.07, 6.45) is 1.04. The smallest absolute Gasteiger partial charge is 0.122 e. The van der Waals surface area contributed by atoms with Crippen molar-refractivity contribution in [2.75, 3.05) is 6.61 Å². The Morgan fingerprint density at radius 2 is 0.798 bits per heavy atom. The molecule has 10 rings (SSSR count). The molecule has 0 amide bonds. The molecule has 2 fully saturated rings. The summed E-state index contributed by atoms with van der Waals surface area (Å²) in [7, 11) is 0. The highest BCUT2D eigenvalue weighted by Crippen LogP contribution is 2.46. The maximum atomic E-state index is 11.2. The summed E-state index contributed by atoms with van der Waals surface area (Å²) in [5, 5.41) is 12.5. The van der Waals surface area contributed by atoms with Crippen molar-refractivity contribution >= 4 is 23.2 Å². The summed E-state index contributed by atoms with van der Waals surface area (Å²) in [6.45, 7) is 17.4. The minimum Gasteiger partial charge on any atom is -0.508 e. The third-order valence-corrected chi connectivity index (χ3v) is 17.1. The van der Waals surface area contributed by atoms with Crippen LogP contribution in [0.25, 0.3) is 0 Å². The standard InChI is InChI=1S/C38H43ClO4.C36H39ClO4/c1-5-35-27(4)36(41-24-29-13-9-7-10-14-29)38(42-25-30-15-11-8-12-16-30)37(43-35)33-23-31(34(39)21-26(33)3)22-28-17-19-32(20-18-28)40-6-2;1-4-33-25(3)34(39-22-27-11-7-5-8-12-27)36(40-23-28-13-9-6-10-14-28)35(41-33)30-20-29(31(37)21-32(30)38)19-26-17-15-24(2)16-18-26/h7-21,23,27,35-38H,5-6,22,24-25H2,1-4H3;5-18,20-21,25,33-36,38H,4,19,22-23H2,1-3H3/t27-,35-,36+,37+,38-;25-,33-,34+,35+,36-/m11/s1. The molecule has 0 bridgehead atoms. The number of ether oxygens (including phenoxy) is 7. The molecule has 8 aromatic carbocycles. The van der Waals surface area contributed by atoms with Crippen LogP contribution in [0.1, 0.15) is 126 Å². The highest BCUT2D eigenvalue weighted by Gasteiger charge is 2.48. The molecule has 0 radical (unpaired) electrons. The lowest BCUT2D eigenvalue weighted by Gasteiger charge is -2.46. The summed E-state index contributed by atoms with van der Waals surface area (Å²) < 4.78 is 46.2. The van der Waals surface area contributed by atoms with Gasteiger partial charge in [0.25, 0.3) is 0 Å². The van der Waals surface area contributed by atoms with Crippen LogP contribution in [0.5, 0.6) is 11.5 Å². The van der Waals surface area contributed by atoms with E-state index in [2.05, 4.69) is 151 Å². The molecule has 2 aliphatic heterocycles. The van der Waals surface area contributed by atoms with E-state index < -0.39 is 12.2 Å². The Kier molecular flexibility index (Phi) is 22.7. The molecule has 2 aliphatic rings. The maximum absolute atomic E-state index is 11.2. The molecule has 0 unspecified atom stereocenters. The number of phenols is 1. The zero-order valence-corrected chi connectivity index (χ0v) is 51.2. The fourth-order valence-electron chi connectivity index (χ4n) is 11.7. The van der Waals surface area contributed by atoms with Crippen LogP contribution >= 0.6 is 23.2 Å². The predicted octanol–water partition coefficient (Wildman–Crippen LogP) is 17.9. The molecular formula is C74H82Cl2O8. The number of benzene rings is 8. The molecule has 10 heteroatoms. The molecular weight excluding hydrogens is 1090 g/mol. The van der Waals surface area contributed by atoms with Crippen molar-refractivity contribution in [3.05, 3.63) is 271 Å². The lowest BCUT2D eigenvalue weighted by Crippen LogP contribution is -2.51. The van der Waals surface area contributed by atoms with Gasteiger partial charge in [0.2, 0.25) is 0 Å². The van der Waals surface area contributed by atoms with E-state index in [1.807, 2.05) is 85.8 Å². The molecule has 2 saturated heterocycles. The van der Waals surface area contributed by atoms with Crippen LogP contribution < -0.4 is 4.74 Å². The maximum Gasteiger partial charge on any atom is 0.122 e. The van der Waals surface area contributed by atoms with Crippen LogP contribution in [-0.2, 0) is 67.7 Å². The van der Waals surface area contributed by atoms with Crippen molar-refractivity contribution in [3.8, 4) is 11.5 Å². The number of hydrogen-bond donors (Lipinski definition) is 1. The second-order valence-electron chi connectivity index (χ2n) is 22.5. The highest BCUT2D eigenvalue weighted by atomic mass is 35.5. The van der Waals surface area contributed by atoms with E-state index in [0.29, 0.717) is 56.5 Å². The van der Waals surface area contributed by atoms with E-state index >= 15 is 0 Å². The number of halogens is 2. The fraction of sp³-hybridized carbons (Fsp3) is 0.351. The molecule has 1 N–H and O–H groups in total. The molecule has 84 heavy (non-hydrogen) atoms. The van der Waals surface area contributed by atoms with Gasteiger partial charge in [-0.25, -0.2) is 0 Å². The molecule has 0 saturated carbocycles. The number of rotatable bonds is 22. The SMILES string of the molecule is CCOc1ccc(Cc2cc([C@@H]3O[C@H](CC)[C@@H](C)[C@H](OCc4ccccc4)[C@H]3OCc3ccccc3)c(C)cc2Cl)cc1.CC[C@H]1O[C@@H](c2cc(Cc3ccc(C)cc3)c(Cl)cc2O)[C@H](OCc2ccccc2)[C@@H](OCc2ccccc2)[C@@H]1C. The van der Waals surface area contributed by atoms with Crippen molar-refractivity contribution in [2.45, 2.75) is 149 Å². The summed E-state index contributed by atoms with van der Waals surface area (Å²) in [4.78, 5) is 0. The van der Waals surface area contributed by atoms with Gasteiger partial charge in [0.05, 0.1) is 57.5 Å². The minimum atomic E-state index is -0.533. The second-order valence-corrected chi connectivity index (χ2v) is 23.3. The zero-order chi connectivity index (χ0) is 59.0. The van der Waals surface area contributed by atoms with Gasteiger partial charge in [0.1, 0.15) is 35.9 Å². The van der Waals surface area contributed by atoms with Crippen molar-refractivity contribution in [1.29, 1.82) is 0 Å². The average Bonchev–Trinajstić information content (AvgIpc) is 1.39. The van der Waals surface area contributed by atoms with Gasteiger partial charge < -0.3 is 38.3 Å². The third-order valence-electron chi connectivity index (χ3n) is 16.4. The van der Waals surface area contributed by atoms with Crippen LogP contribution in [0, 0.1) is 25.7 Å². The van der Waals surface area contributed by atoms with E-state index in [1.54, 1.807) is 6.07 Å². The second kappa shape index (κ2) is 30.7. The number of phenolic OH excluding ortho intramolecular Hbond substituents is 1. The Morgan fingerprint density at radius 3 is 1.20 bits per heavy atom. The highest BCUT2D eigenvalue weighted by molar-refractivity contribution is 6.31. The van der Waals surface area contributed by atoms with Crippen molar-refractivity contribution < 1.29 is 38.3 Å². The van der Waals surface area contributed by atoms with Gasteiger partial charge in [0, 0.05) is 27.4 Å². The Hall–Kier alpha value is -6.30. The lowest BCUT2D eigenvalue weighted by atomic mass is 9.83. The molecule has 2 heterocycles. The molecule has 0 spiro atoms. The van der Waals surface area contributed by atoms with E-state index in [1.165, 1.54) is 11.1 Å². The molecule has 10 atom stereocenters. The minimum absolute atomic E-state index is 0.0342. The summed E-state index contributed by atoms with van der Waals surface area (Å²) in [5.74, 6) is 1.22. The van der Waals surface area contributed by atoms with E-state index in [9.17, 15) is 5.11 Å². The largest absolute Gasteiger partial charge is 0.508 e. The van der Waals surface area contributed by atoms with Gasteiger partial charge in [-0.3, -0.25) is 0 Å². The topological polar surface area (TPSA) is 84.8 Å². The fourth-order valence-corrected chi connectivity index (χ4v) is 12.2. The van der Waals surface area contributed by atoms with Crippen LogP contribution in [0.15, 0.2) is 194 Å². The first kappa shape index (κ1) is 62.2. The van der Waals surface area contributed by atoms with E-state index in [4.69, 9.17) is 56.4 Å². The van der Waals surface area contributed by atoms with E-state index in [0.717, 1.165) is 73.7 Å². The quantitative estimate of drug-likeness (QED) is 0.0718. The molecule has 8 aromatic rings. The van der Waals surface area contributed by atoms with Crippen LogP contribution in [0.2, 0.25) is 10.0 Å². The Morgan fingerprint density at radius 1 is 0.429 bits per heavy atom. The lowest BCUT2D eigenvalue weighted by molar-refractivity contribution is -0.235. The zero-order valence-electron chi connectivity index (χ0n) is 49.7. The van der Waals surface area contributed by atoms with Gasteiger partial charge >= 0.3 is 0 Å². The summed E-state index contributed by atoms with van der Waals surface area (Å²) >= 11 is 13.5. The van der Waals surface area contributed by atoms with Crippen LogP contribution in [0.4, 0.5) is 0 Å². The van der Waals surface area contributed by atoms with E-state index in [-0.39, 0.29) is 54.2 Å². The van der Waals surface area contributed by atoms with Gasteiger partial charge in [-0.2, -0.15) is 0 Å². The normalized spacial score (nSPS) is 22.2. The number of hydrogen-bond acceptors (Lipinski definition) is 8. The van der Waals surface area contributed by atoms with Crippen LogP contribution in [-0.4, -0.2) is 48.3 Å². The summed E-state index contributed by atoms with van der Waals surface area (Å²) in [6, 6.07) is 65.5. The van der Waals surface area contributed by atoms with Crippen molar-refractivity contribution in [3.63, 3.8) is 0 Å². The Bertz CT molecular complexity index is 3250. The number of aryl methyl sites for hydroxylation is 2.